The van der Waals surface area contributed by atoms with Crippen molar-refractivity contribution < 1.29 is 14.3 Å². The highest BCUT2D eigenvalue weighted by Crippen LogP contribution is 2.31. The molecule has 1 saturated heterocycles. The highest BCUT2D eigenvalue weighted by atomic mass is 35.5. The van der Waals surface area contributed by atoms with Crippen molar-refractivity contribution in [2.75, 3.05) is 31.6 Å². The lowest BCUT2D eigenvalue weighted by Crippen LogP contribution is -2.44. The number of carbonyl (C=O) groups excluding carboxylic acids is 2. The number of nitrogens with zero attached hydrogens (tertiary/aromatic N) is 1. The molecule has 8 heteroatoms. The van der Waals surface area contributed by atoms with Gasteiger partial charge in [0, 0.05) is 31.7 Å². The van der Waals surface area contributed by atoms with E-state index in [2.05, 4.69) is 10.6 Å². The van der Waals surface area contributed by atoms with E-state index in [0.29, 0.717) is 48.3 Å². The fraction of sp³-hybridized carbons (Fsp3) is 0.417. The molecule has 1 aliphatic rings. The van der Waals surface area contributed by atoms with Gasteiger partial charge in [-0.25, -0.2) is 4.79 Å². The zero-order valence-corrected chi connectivity index (χ0v) is 19.7. The largest absolute Gasteiger partial charge is 0.492 e. The number of carbonyl (C=O) groups is 2. The van der Waals surface area contributed by atoms with Crippen LogP contribution in [0.15, 0.2) is 42.5 Å². The number of urea groups is 1. The molecule has 0 spiro atoms. The number of rotatable bonds is 8. The number of ether oxygens (including phenoxy) is 1. The second-order valence-electron chi connectivity index (χ2n) is 8.05. The number of piperidine rings is 1. The fourth-order valence-corrected chi connectivity index (χ4v) is 4.01. The molecule has 1 unspecified atom stereocenters. The summed E-state index contributed by atoms with van der Waals surface area (Å²) in [6.07, 6.45) is 2.93. The third-order valence-electron chi connectivity index (χ3n) is 5.44. The van der Waals surface area contributed by atoms with Gasteiger partial charge in [-0.15, -0.1) is 0 Å². The lowest BCUT2D eigenvalue weighted by atomic mass is 9.97. The van der Waals surface area contributed by atoms with Crippen LogP contribution in [0.25, 0.3) is 0 Å². The molecule has 2 aromatic carbocycles. The van der Waals surface area contributed by atoms with Crippen molar-refractivity contribution in [3.63, 3.8) is 0 Å². The number of nitrogens with one attached hydrogen (secondary N) is 2. The predicted octanol–water partition coefficient (Wildman–Crippen LogP) is 5.52. The molecule has 2 N–H and O–H groups in total. The van der Waals surface area contributed by atoms with Crippen LogP contribution in [0, 0.1) is 12.8 Å². The first kappa shape index (κ1) is 24.2. The standard InChI is InChI=1S/C24H29Cl2N3O3/c1-17-9-11-19(12-10-17)28-24(31)27-15-18-5-3-13-29(16-18)22(30)8-4-14-32-21-7-2-6-20(25)23(21)26/h2,6-7,9-12,18H,3-5,8,13-16H2,1H3,(H2,27,28,31). The molecule has 0 aliphatic carbocycles. The van der Waals surface area contributed by atoms with Crippen molar-refractivity contribution in [2.45, 2.75) is 32.6 Å². The number of halogens is 2. The van der Waals surface area contributed by atoms with E-state index in [1.165, 1.54) is 0 Å². The monoisotopic (exact) mass is 477 g/mol. The van der Waals surface area contributed by atoms with E-state index < -0.39 is 0 Å². The van der Waals surface area contributed by atoms with Crippen LogP contribution in [-0.2, 0) is 4.79 Å². The molecule has 6 nitrogen and oxygen atoms in total. The van der Waals surface area contributed by atoms with Gasteiger partial charge in [0.2, 0.25) is 5.91 Å². The molecule has 0 bridgehead atoms. The van der Waals surface area contributed by atoms with Crippen molar-refractivity contribution >= 4 is 40.8 Å². The van der Waals surface area contributed by atoms with Crippen LogP contribution >= 0.6 is 23.2 Å². The Hall–Kier alpha value is -2.44. The molecule has 32 heavy (non-hydrogen) atoms. The first-order valence-electron chi connectivity index (χ1n) is 10.9. The summed E-state index contributed by atoms with van der Waals surface area (Å²) >= 11 is 12.1. The van der Waals surface area contributed by atoms with Gasteiger partial charge in [0.1, 0.15) is 10.8 Å². The van der Waals surface area contributed by atoms with Crippen LogP contribution in [-0.4, -0.2) is 43.1 Å². The minimum absolute atomic E-state index is 0.111. The number of hydrogen-bond donors (Lipinski definition) is 2. The van der Waals surface area contributed by atoms with E-state index in [1.54, 1.807) is 18.2 Å². The van der Waals surface area contributed by atoms with E-state index in [9.17, 15) is 9.59 Å². The minimum Gasteiger partial charge on any atom is -0.492 e. The van der Waals surface area contributed by atoms with Gasteiger partial charge in [0.25, 0.3) is 0 Å². The molecular formula is C24H29Cl2N3O3. The lowest BCUT2D eigenvalue weighted by Gasteiger charge is -2.33. The Morgan fingerprint density at radius 1 is 1.16 bits per heavy atom. The molecule has 172 valence electrons. The van der Waals surface area contributed by atoms with Crippen molar-refractivity contribution in [3.05, 3.63) is 58.1 Å². The highest BCUT2D eigenvalue weighted by molar-refractivity contribution is 6.42. The summed E-state index contributed by atoms with van der Waals surface area (Å²) in [5.41, 5.74) is 1.90. The summed E-state index contributed by atoms with van der Waals surface area (Å²) in [4.78, 5) is 26.7. The Balaban J connectivity index is 1.36. The maximum atomic E-state index is 12.6. The topological polar surface area (TPSA) is 70.7 Å². The summed E-state index contributed by atoms with van der Waals surface area (Å²) in [7, 11) is 0. The smallest absolute Gasteiger partial charge is 0.319 e. The van der Waals surface area contributed by atoms with Gasteiger partial charge in [0.05, 0.1) is 11.6 Å². The molecule has 0 saturated carbocycles. The number of anilines is 1. The van der Waals surface area contributed by atoms with Crippen LogP contribution in [0.4, 0.5) is 10.5 Å². The first-order chi connectivity index (χ1) is 15.4. The molecule has 0 radical (unpaired) electrons. The van der Waals surface area contributed by atoms with Gasteiger partial charge in [-0.1, -0.05) is 47.0 Å². The Morgan fingerprint density at radius 2 is 1.94 bits per heavy atom. The average molecular weight is 478 g/mol. The Bertz CT molecular complexity index is 921. The molecule has 2 aromatic rings. The number of amides is 3. The number of benzene rings is 2. The summed E-state index contributed by atoms with van der Waals surface area (Å²) in [5, 5.41) is 6.59. The van der Waals surface area contributed by atoms with Gasteiger partial charge < -0.3 is 20.3 Å². The van der Waals surface area contributed by atoms with Gasteiger partial charge in [-0.05, 0) is 56.4 Å². The normalized spacial score (nSPS) is 15.8. The molecular weight excluding hydrogens is 449 g/mol. The second kappa shape index (κ2) is 12.0. The van der Waals surface area contributed by atoms with E-state index in [0.717, 1.165) is 30.6 Å². The number of likely N-dealkylation sites (tertiary alicyclic amines) is 1. The average Bonchev–Trinajstić information content (AvgIpc) is 2.79. The number of aryl methyl sites for hydroxylation is 1. The molecule has 1 aliphatic heterocycles. The zero-order valence-electron chi connectivity index (χ0n) is 18.2. The highest BCUT2D eigenvalue weighted by Gasteiger charge is 2.23. The van der Waals surface area contributed by atoms with E-state index in [1.807, 2.05) is 36.1 Å². The summed E-state index contributed by atoms with van der Waals surface area (Å²) in [6.45, 7) is 4.35. The van der Waals surface area contributed by atoms with Gasteiger partial charge in [-0.3, -0.25) is 4.79 Å². The fourth-order valence-electron chi connectivity index (χ4n) is 3.67. The molecule has 1 atom stereocenters. The number of hydrogen-bond acceptors (Lipinski definition) is 3. The van der Waals surface area contributed by atoms with Crippen molar-refractivity contribution in [3.8, 4) is 5.75 Å². The molecule has 3 amide bonds. The van der Waals surface area contributed by atoms with Gasteiger partial charge >= 0.3 is 6.03 Å². The Morgan fingerprint density at radius 3 is 2.72 bits per heavy atom. The quantitative estimate of drug-likeness (QED) is 0.491. The van der Waals surface area contributed by atoms with Crippen molar-refractivity contribution in [1.29, 1.82) is 0 Å². The van der Waals surface area contributed by atoms with Crippen LogP contribution < -0.4 is 15.4 Å². The van der Waals surface area contributed by atoms with Crippen molar-refractivity contribution in [1.82, 2.24) is 10.2 Å². The minimum atomic E-state index is -0.228. The van der Waals surface area contributed by atoms with Crippen LogP contribution in [0.5, 0.6) is 5.75 Å². The first-order valence-corrected chi connectivity index (χ1v) is 11.6. The van der Waals surface area contributed by atoms with E-state index >= 15 is 0 Å². The Kier molecular flexibility index (Phi) is 9.06. The molecule has 1 heterocycles. The third-order valence-corrected chi connectivity index (χ3v) is 6.24. The predicted molar refractivity (Wildman–Crippen MR) is 129 cm³/mol. The summed E-state index contributed by atoms with van der Waals surface area (Å²) in [6, 6.07) is 12.7. The van der Waals surface area contributed by atoms with Gasteiger partial charge in [0.15, 0.2) is 0 Å². The SMILES string of the molecule is Cc1ccc(NC(=O)NCC2CCCN(C(=O)CCCOc3cccc(Cl)c3Cl)C2)cc1. The Labute approximate surface area is 199 Å². The lowest BCUT2D eigenvalue weighted by molar-refractivity contribution is -0.133. The second-order valence-corrected chi connectivity index (χ2v) is 8.84. The van der Waals surface area contributed by atoms with E-state index in [4.69, 9.17) is 27.9 Å². The third kappa shape index (κ3) is 7.31. The van der Waals surface area contributed by atoms with E-state index in [-0.39, 0.29) is 17.9 Å². The molecule has 0 aromatic heterocycles. The maximum Gasteiger partial charge on any atom is 0.319 e. The van der Waals surface area contributed by atoms with Crippen LogP contribution in [0.1, 0.15) is 31.2 Å². The summed E-state index contributed by atoms with van der Waals surface area (Å²) in [5.74, 6) is 0.886. The van der Waals surface area contributed by atoms with Crippen LogP contribution in [0.3, 0.4) is 0 Å². The zero-order chi connectivity index (χ0) is 22.9. The molecule has 1 fully saturated rings. The van der Waals surface area contributed by atoms with Crippen molar-refractivity contribution in [2.24, 2.45) is 5.92 Å². The summed E-state index contributed by atoms with van der Waals surface area (Å²) < 4.78 is 5.66. The maximum absolute atomic E-state index is 12.6. The molecule has 3 rings (SSSR count). The van der Waals surface area contributed by atoms with Crippen LogP contribution in [0.2, 0.25) is 10.0 Å². The van der Waals surface area contributed by atoms with Gasteiger partial charge in [-0.2, -0.15) is 0 Å².